The fourth-order valence-electron chi connectivity index (χ4n) is 8.34. The van der Waals surface area contributed by atoms with Gasteiger partial charge in [-0.3, -0.25) is 19.6 Å². The fraction of sp³-hybridized carbons (Fsp3) is 0.577. The van der Waals surface area contributed by atoms with Crippen LogP contribution < -0.4 is 15.1 Å². The van der Waals surface area contributed by atoms with E-state index < -0.39 is 33.4 Å². The van der Waals surface area contributed by atoms with Gasteiger partial charge in [0.2, 0.25) is 11.8 Å². The number of nitrogens with one attached hydrogen (secondary N) is 1. The van der Waals surface area contributed by atoms with Crippen molar-refractivity contribution in [2.45, 2.75) is 75.5 Å². The van der Waals surface area contributed by atoms with Crippen LogP contribution in [0, 0.1) is 11.3 Å². The highest BCUT2D eigenvalue weighted by Gasteiger charge is 2.81. The van der Waals surface area contributed by atoms with Gasteiger partial charge in [-0.15, -0.1) is 0 Å². The van der Waals surface area contributed by atoms with E-state index >= 15 is 0 Å². The van der Waals surface area contributed by atoms with Gasteiger partial charge in [0.1, 0.15) is 22.4 Å². The van der Waals surface area contributed by atoms with Crippen LogP contribution in [0.5, 0.6) is 5.75 Å². The van der Waals surface area contributed by atoms with E-state index in [2.05, 4.69) is 5.32 Å². The summed E-state index contributed by atoms with van der Waals surface area (Å²) >= 11 is 0. The van der Waals surface area contributed by atoms with Crippen molar-refractivity contribution in [3.05, 3.63) is 29.3 Å². The molecule has 8 nitrogen and oxygen atoms in total. The lowest BCUT2D eigenvalue weighted by molar-refractivity contribution is -0.175. The Labute approximate surface area is 197 Å². The summed E-state index contributed by atoms with van der Waals surface area (Å²) in [6.45, 7) is 8.53. The van der Waals surface area contributed by atoms with Crippen LogP contribution in [0.2, 0.25) is 0 Å². The van der Waals surface area contributed by atoms with Crippen molar-refractivity contribution in [3.8, 4) is 5.75 Å². The average molecular weight is 464 g/mol. The molecule has 7 aliphatic rings. The Bertz CT molecular complexity index is 1270. The number of nitrogens with zero attached hydrogens (tertiary/aromatic N) is 2. The standard InChI is InChI=1S/C26H29N3O5/c1-22(2)10-8-14-16(34-22)7-6-15-18(14)29(33)20(31)25(15)13-26-17(23(25,3)4)12-24(19(30)27-26)9-5-11-28(24)21(26)32/h6-8,10,17,33H,5,9,11-13H2,1-4H3,(H,27,30)/t17-,24-,25+,26-/m1/s1. The predicted octanol–water partition coefficient (Wildman–Crippen LogP) is 2.52. The fourth-order valence-corrected chi connectivity index (χ4v) is 8.34. The van der Waals surface area contributed by atoms with Gasteiger partial charge >= 0.3 is 0 Å². The number of ether oxygens (including phenoxy) is 1. The monoisotopic (exact) mass is 463 g/mol. The second-order valence-electron chi connectivity index (χ2n) is 12.1. The Morgan fingerprint density at radius 2 is 1.88 bits per heavy atom. The molecule has 1 aromatic carbocycles. The molecule has 8 heteroatoms. The molecule has 5 fully saturated rings. The second-order valence-corrected chi connectivity index (χ2v) is 12.1. The lowest BCUT2D eigenvalue weighted by Gasteiger charge is -2.59. The molecule has 3 spiro atoms. The molecule has 178 valence electrons. The first kappa shape index (κ1) is 20.5. The van der Waals surface area contributed by atoms with E-state index in [1.807, 2.05) is 52.0 Å². The average Bonchev–Trinajstić information content (AvgIpc) is 3.36. The Balaban J connectivity index is 1.46. The lowest BCUT2D eigenvalue weighted by Crippen LogP contribution is -2.81. The molecule has 6 heterocycles. The number of carbonyl (C=O) groups excluding carboxylic acids is 3. The number of benzene rings is 1. The summed E-state index contributed by atoms with van der Waals surface area (Å²) in [5.74, 6) is -0.217. The molecule has 0 unspecified atom stereocenters. The number of anilines is 1. The minimum absolute atomic E-state index is 0.0699. The quantitative estimate of drug-likeness (QED) is 0.576. The highest BCUT2D eigenvalue weighted by atomic mass is 16.5. The molecule has 3 amide bonds. The van der Waals surface area contributed by atoms with Crippen LogP contribution in [0.4, 0.5) is 5.69 Å². The highest BCUT2D eigenvalue weighted by Crippen LogP contribution is 2.71. The van der Waals surface area contributed by atoms with Crippen molar-refractivity contribution < 1.29 is 24.3 Å². The summed E-state index contributed by atoms with van der Waals surface area (Å²) in [6.07, 6.45) is 5.98. The highest BCUT2D eigenvalue weighted by molar-refractivity contribution is 6.13. The van der Waals surface area contributed by atoms with Crippen molar-refractivity contribution >= 4 is 29.5 Å². The maximum atomic E-state index is 14.0. The summed E-state index contributed by atoms with van der Waals surface area (Å²) in [6, 6.07) is 3.73. The second kappa shape index (κ2) is 5.51. The smallest absolute Gasteiger partial charge is 0.262 e. The van der Waals surface area contributed by atoms with Gasteiger partial charge in [0.05, 0.1) is 11.1 Å². The number of amides is 3. The Morgan fingerprint density at radius 3 is 2.65 bits per heavy atom. The first-order valence-electron chi connectivity index (χ1n) is 12.2. The molecule has 4 atom stereocenters. The van der Waals surface area contributed by atoms with Crippen LogP contribution in [0.15, 0.2) is 18.2 Å². The van der Waals surface area contributed by atoms with E-state index in [-0.39, 0.29) is 24.2 Å². The Kier molecular flexibility index (Phi) is 3.32. The summed E-state index contributed by atoms with van der Waals surface area (Å²) in [7, 11) is 0. The number of hydrogen-bond acceptors (Lipinski definition) is 5. The molecule has 34 heavy (non-hydrogen) atoms. The summed E-state index contributed by atoms with van der Waals surface area (Å²) in [5.41, 5.74) is -2.51. The zero-order valence-corrected chi connectivity index (χ0v) is 19.9. The van der Waals surface area contributed by atoms with Gasteiger partial charge in [-0.25, -0.2) is 0 Å². The van der Waals surface area contributed by atoms with Crippen LogP contribution in [-0.4, -0.2) is 51.1 Å². The zero-order chi connectivity index (χ0) is 24.1. The summed E-state index contributed by atoms with van der Waals surface area (Å²) in [4.78, 5) is 43.1. The molecule has 1 aromatic rings. The molecule has 8 rings (SSSR count). The van der Waals surface area contributed by atoms with Crippen LogP contribution in [-0.2, 0) is 19.8 Å². The minimum Gasteiger partial charge on any atom is -0.483 e. The number of hydrogen-bond donors (Lipinski definition) is 2. The molecule has 6 aliphatic heterocycles. The van der Waals surface area contributed by atoms with Crippen molar-refractivity contribution in [2.75, 3.05) is 11.6 Å². The first-order chi connectivity index (χ1) is 15.9. The Morgan fingerprint density at radius 1 is 1.12 bits per heavy atom. The van der Waals surface area contributed by atoms with Crippen LogP contribution >= 0.6 is 0 Å². The molecule has 1 saturated carbocycles. The summed E-state index contributed by atoms with van der Waals surface area (Å²) in [5, 5.41) is 15.1. The maximum absolute atomic E-state index is 14.0. The number of rotatable bonds is 0. The predicted molar refractivity (Wildman–Crippen MR) is 122 cm³/mol. The van der Waals surface area contributed by atoms with Crippen molar-refractivity contribution in [1.29, 1.82) is 0 Å². The van der Waals surface area contributed by atoms with Gasteiger partial charge in [-0.2, -0.15) is 5.06 Å². The minimum atomic E-state index is -1.15. The number of fused-ring (bicyclic) bond motifs is 5. The topological polar surface area (TPSA) is 99.2 Å². The molecule has 0 aromatic heterocycles. The van der Waals surface area contributed by atoms with Gasteiger partial charge in [-0.1, -0.05) is 19.9 Å². The number of piperidine rings is 2. The third-order valence-corrected chi connectivity index (χ3v) is 9.96. The number of hydroxylamine groups is 1. The van der Waals surface area contributed by atoms with Crippen LogP contribution in [0.3, 0.4) is 0 Å². The summed E-state index contributed by atoms with van der Waals surface area (Å²) < 4.78 is 6.10. The van der Waals surface area contributed by atoms with E-state index in [1.54, 1.807) is 4.90 Å². The zero-order valence-electron chi connectivity index (χ0n) is 19.9. The van der Waals surface area contributed by atoms with Crippen molar-refractivity contribution in [3.63, 3.8) is 0 Å². The largest absolute Gasteiger partial charge is 0.483 e. The van der Waals surface area contributed by atoms with E-state index in [9.17, 15) is 19.6 Å². The number of carbonyl (C=O) groups is 3. The molecular formula is C26H29N3O5. The molecule has 4 saturated heterocycles. The van der Waals surface area contributed by atoms with Gasteiger partial charge in [0, 0.05) is 18.0 Å². The first-order valence-corrected chi connectivity index (χ1v) is 12.2. The van der Waals surface area contributed by atoms with Crippen LogP contribution in [0.1, 0.15) is 64.5 Å². The lowest BCUT2D eigenvalue weighted by atomic mass is 9.57. The number of piperazine rings is 1. The van der Waals surface area contributed by atoms with Crippen LogP contribution in [0.25, 0.3) is 6.08 Å². The van der Waals surface area contributed by atoms with E-state index in [4.69, 9.17) is 4.74 Å². The third kappa shape index (κ3) is 1.87. The van der Waals surface area contributed by atoms with Gasteiger partial charge in [0.15, 0.2) is 0 Å². The maximum Gasteiger partial charge on any atom is 0.262 e. The SMILES string of the molecule is CC1(C)C=Cc2c(ccc3c2N(O)C(=O)[C@]32C[C@]34NC(=O)[C@@]5(CCCN5C3=O)C[C@@H]4C2(C)C)O1. The van der Waals surface area contributed by atoms with Gasteiger partial charge in [0.25, 0.3) is 5.91 Å². The molecule has 2 bridgehead atoms. The molecule has 0 radical (unpaired) electrons. The third-order valence-electron chi connectivity index (χ3n) is 9.96. The van der Waals surface area contributed by atoms with Gasteiger partial charge < -0.3 is 15.0 Å². The Hall–Kier alpha value is -2.87. The molecule has 1 aliphatic carbocycles. The van der Waals surface area contributed by atoms with Crippen molar-refractivity contribution in [1.82, 2.24) is 10.2 Å². The van der Waals surface area contributed by atoms with Gasteiger partial charge in [-0.05, 0) is 68.7 Å². The molecule has 2 N–H and O–H groups in total. The molecular weight excluding hydrogens is 434 g/mol. The van der Waals surface area contributed by atoms with Crippen molar-refractivity contribution in [2.24, 2.45) is 11.3 Å². The van der Waals surface area contributed by atoms with E-state index in [0.717, 1.165) is 11.5 Å². The normalized spacial score (nSPS) is 39.7. The van der Waals surface area contributed by atoms with E-state index in [0.29, 0.717) is 42.0 Å². The van der Waals surface area contributed by atoms with E-state index in [1.165, 1.54) is 0 Å².